The van der Waals surface area contributed by atoms with Crippen molar-refractivity contribution in [3.05, 3.63) is 53.9 Å². The van der Waals surface area contributed by atoms with Crippen LogP contribution in [0, 0.1) is 6.92 Å². The van der Waals surface area contributed by atoms with Gasteiger partial charge < -0.3 is 16.4 Å². The molecular formula is C16H18N4O2. The molecule has 2 amide bonds. The van der Waals surface area contributed by atoms with Gasteiger partial charge in [0.25, 0.3) is 5.91 Å². The highest BCUT2D eigenvalue weighted by Gasteiger charge is 2.08. The Kier molecular flexibility index (Phi) is 5.21. The standard InChI is InChI=1S/C16H18N4O2/c1-11-9-13(19-15(21)6-7-17)4-5-14(11)20-16(22)12-3-2-8-18-10-12/h2-5,8-10H,6-7,17H2,1H3,(H,19,21)(H,20,22). The molecule has 6 heteroatoms. The first-order chi connectivity index (χ1) is 10.6. The van der Waals surface area contributed by atoms with E-state index in [1.807, 2.05) is 6.92 Å². The first kappa shape index (κ1) is 15.7. The largest absolute Gasteiger partial charge is 0.330 e. The van der Waals surface area contributed by atoms with Crippen molar-refractivity contribution in [2.75, 3.05) is 17.2 Å². The Balaban J connectivity index is 2.07. The van der Waals surface area contributed by atoms with Crippen molar-refractivity contribution in [2.45, 2.75) is 13.3 Å². The molecule has 0 radical (unpaired) electrons. The minimum atomic E-state index is -0.226. The number of pyridine rings is 1. The van der Waals surface area contributed by atoms with Crippen LogP contribution in [0.2, 0.25) is 0 Å². The molecule has 0 aliphatic rings. The zero-order valence-electron chi connectivity index (χ0n) is 12.3. The summed E-state index contributed by atoms with van der Waals surface area (Å²) in [6.07, 6.45) is 3.39. The normalized spacial score (nSPS) is 10.1. The van der Waals surface area contributed by atoms with Crippen LogP contribution >= 0.6 is 0 Å². The summed E-state index contributed by atoms with van der Waals surface area (Å²) >= 11 is 0. The monoisotopic (exact) mass is 298 g/mol. The average Bonchev–Trinajstić information content (AvgIpc) is 2.51. The van der Waals surface area contributed by atoms with Gasteiger partial charge in [0, 0.05) is 36.7 Å². The van der Waals surface area contributed by atoms with Crippen molar-refractivity contribution >= 4 is 23.2 Å². The molecule has 0 fully saturated rings. The van der Waals surface area contributed by atoms with Gasteiger partial charge in [-0.15, -0.1) is 0 Å². The van der Waals surface area contributed by atoms with Gasteiger partial charge in [-0.3, -0.25) is 14.6 Å². The molecule has 1 aromatic heterocycles. The molecule has 0 saturated heterocycles. The SMILES string of the molecule is Cc1cc(NC(=O)CCN)ccc1NC(=O)c1cccnc1. The molecule has 6 nitrogen and oxygen atoms in total. The average molecular weight is 298 g/mol. The Bertz CT molecular complexity index is 671. The van der Waals surface area contributed by atoms with Crippen LogP contribution < -0.4 is 16.4 Å². The Morgan fingerprint density at radius 1 is 1.23 bits per heavy atom. The van der Waals surface area contributed by atoms with Crippen molar-refractivity contribution in [1.29, 1.82) is 0 Å². The molecule has 1 aromatic carbocycles. The maximum atomic E-state index is 12.1. The topological polar surface area (TPSA) is 97.1 Å². The number of aromatic nitrogens is 1. The highest BCUT2D eigenvalue weighted by Crippen LogP contribution is 2.20. The van der Waals surface area contributed by atoms with E-state index in [1.165, 1.54) is 6.20 Å². The van der Waals surface area contributed by atoms with E-state index in [1.54, 1.807) is 36.5 Å². The van der Waals surface area contributed by atoms with E-state index in [-0.39, 0.29) is 18.2 Å². The second-order valence-electron chi connectivity index (χ2n) is 4.81. The molecule has 0 bridgehead atoms. The van der Waals surface area contributed by atoms with Crippen LogP contribution in [0.5, 0.6) is 0 Å². The molecule has 114 valence electrons. The number of carbonyl (C=O) groups excluding carboxylic acids is 2. The summed E-state index contributed by atoms with van der Waals surface area (Å²) in [5.74, 6) is -0.356. The lowest BCUT2D eigenvalue weighted by Gasteiger charge is -2.11. The molecule has 22 heavy (non-hydrogen) atoms. The van der Waals surface area contributed by atoms with Crippen LogP contribution in [0.4, 0.5) is 11.4 Å². The van der Waals surface area contributed by atoms with Gasteiger partial charge >= 0.3 is 0 Å². The Morgan fingerprint density at radius 3 is 2.68 bits per heavy atom. The van der Waals surface area contributed by atoms with E-state index in [2.05, 4.69) is 15.6 Å². The van der Waals surface area contributed by atoms with Crippen molar-refractivity contribution < 1.29 is 9.59 Å². The van der Waals surface area contributed by atoms with Crippen LogP contribution in [0.1, 0.15) is 22.3 Å². The number of hydrogen-bond acceptors (Lipinski definition) is 4. The predicted molar refractivity (Wildman–Crippen MR) is 85.7 cm³/mol. The van der Waals surface area contributed by atoms with Crippen molar-refractivity contribution in [3.63, 3.8) is 0 Å². The number of rotatable bonds is 5. The Labute approximate surface area is 128 Å². The molecule has 1 heterocycles. The lowest BCUT2D eigenvalue weighted by atomic mass is 10.1. The fourth-order valence-corrected chi connectivity index (χ4v) is 1.93. The smallest absolute Gasteiger partial charge is 0.257 e. The van der Waals surface area contributed by atoms with Crippen LogP contribution in [0.3, 0.4) is 0 Å². The highest BCUT2D eigenvalue weighted by atomic mass is 16.2. The molecule has 2 rings (SSSR count). The molecule has 0 aliphatic heterocycles. The Hall–Kier alpha value is -2.73. The molecule has 4 N–H and O–H groups in total. The zero-order valence-corrected chi connectivity index (χ0v) is 12.3. The highest BCUT2D eigenvalue weighted by molar-refractivity contribution is 6.04. The van der Waals surface area contributed by atoms with Gasteiger partial charge in [-0.1, -0.05) is 0 Å². The lowest BCUT2D eigenvalue weighted by Crippen LogP contribution is -2.16. The Morgan fingerprint density at radius 2 is 2.05 bits per heavy atom. The number of nitrogens with two attached hydrogens (primary N) is 1. The summed E-state index contributed by atoms with van der Waals surface area (Å²) in [5, 5.41) is 5.57. The predicted octanol–water partition coefficient (Wildman–Crippen LogP) is 1.93. The summed E-state index contributed by atoms with van der Waals surface area (Å²) in [5.41, 5.74) is 8.03. The lowest BCUT2D eigenvalue weighted by molar-refractivity contribution is -0.116. The summed E-state index contributed by atoms with van der Waals surface area (Å²) < 4.78 is 0. The summed E-state index contributed by atoms with van der Waals surface area (Å²) in [6, 6.07) is 8.69. The van der Waals surface area contributed by atoms with E-state index < -0.39 is 0 Å². The van der Waals surface area contributed by atoms with Crippen LogP contribution in [-0.4, -0.2) is 23.3 Å². The number of carbonyl (C=O) groups is 2. The summed E-state index contributed by atoms with van der Waals surface area (Å²) in [6.45, 7) is 2.17. The second kappa shape index (κ2) is 7.33. The van der Waals surface area contributed by atoms with Crippen LogP contribution in [-0.2, 0) is 4.79 Å². The van der Waals surface area contributed by atoms with E-state index in [4.69, 9.17) is 5.73 Å². The van der Waals surface area contributed by atoms with E-state index >= 15 is 0 Å². The number of nitrogens with one attached hydrogen (secondary N) is 2. The third kappa shape index (κ3) is 4.13. The maximum absolute atomic E-state index is 12.1. The second-order valence-corrected chi connectivity index (χ2v) is 4.81. The van der Waals surface area contributed by atoms with Gasteiger partial charge in [0.05, 0.1) is 5.56 Å². The third-order valence-electron chi connectivity index (χ3n) is 3.05. The zero-order chi connectivity index (χ0) is 15.9. The summed E-state index contributed by atoms with van der Waals surface area (Å²) in [4.78, 5) is 27.5. The van der Waals surface area contributed by atoms with Crippen LogP contribution in [0.25, 0.3) is 0 Å². The molecule has 2 aromatic rings. The number of nitrogens with zero attached hydrogens (tertiary/aromatic N) is 1. The molecule has 0 saturated carbocycles. The quantitative estimate of drug-likeness (QED) is 0.785. The van der Waals surface area contributed by atoms with Crippen molar-refractivity contribution in [3.8, 4) is 0 Å². The molecule has 0 spiro atoms. The minimum Gasteiger partial charge on any atom is -0.330 e. The van der Waals surface area contributed by atoms with Gasteiger partial charge in [-0.25, -0.2) is 0 Å². The molecule has 0 atom stereocenters. The van der Waals surface area contributed by atoms with Gasteiger partial charge in [-0.2, -0.15) is 0 Å². The van der Waals surface area contributed by atoms with E-state index in [0.717, 1.165) is 5.56 Å². The number of hydrogen-bond donors (Lipinski definition) is 3. The third-order valence-corrected chi connectivity index (χ3v) is 3.05. The minimum absolute atomic E-state index is 0.131. The first-order valence-electron chi connectivity index (χ1n) is 6.92. The maximum Gasteiger partial charge on any atom is 0.257 e. The van der Waals surface area contributed by atoms with E-state index in [0.29, 0.717) is 23.5 Å². The van der Waals surface area contributed by atoms with Gasteiger partial charge in [0.1, 0.15) is 0 Å². The van der Waals surface area contributed by atoms with Gasteiger partial charge in [0.15, 0.2) is 0 Å². The first-order valence-corrected chi connectivity index (χ1v) is 6.92. The molecule has 0 aliphatic carbocycles. The van der Waals surface area contributed by atoms with Gasteiger partial charge in [-0.05, 0) is 42.8 Å². The van der Waals surface area contributed by atoms with Gasteiger partial charge in [0.2, 0.25) is 5.91 Å². The molecule has 0 unspecified atom stereocenters. The summed E-state index contributed by atoms with van der Waals surface area (Å²) in [7, 11) is 0. The number of aryl methyl sites for hydroxylation is 1. The number of benzene rings is 1. The number of anilines is 2. The fourth-order valence-electron chi connectivity index (χ4n) is 1.93. The fraction of sp³-hybridized carbons (Fsp3) is 0.188. The van der Waals surface area contributed by atoms with Crippen LogP contribution in [0.15, 0.2) is 42.7 Å². The number of amides is 2. The van der Waals surface area contributed by atoms with Crippen molar-refractivity contribution in [1.82, 2.24) is 4.98 Å². The van der Waals surface area contributed by atoms with E-state index in [9.17, 15) is 9.59 Å². The molecular weight excluding hydrogens is 280 g/mol. The van der Waals surface area contributed by atoms with Crippen molar-refractivity contribution in [2.24, 2.45) is 5.73 Å².